The average molecular weight is 257 g/mol. The smallest absolute Gasteiger partial charge is 0.408 e. The largest absolute Gasteiger partial charge is 0.479 e. The van der Waals surface area contributed by atoms with Crippen LogP contribution in [0.25, 0.3) is 0 Å². The van der Waals surface area contributed by atoms with Gasteiger partial charge in [0, 0.05) is 4.88 Å². The summed E-state index contributed by atoms with van der Waals surface area (Å²) in [7, 11) is 0. The van der Waals surface area contributed by atoms with Crippen molar-refractivity contribution in [2.75, 3.05) is 0 Å². The van der Waals surface area contributed by atoms with Gasteiger partial charge in [-0.15, -0.1) is 11.3 Å². The fourth-order valence-corrected chi connectivity index (χ4v) is 1.90. The summed E-state index contributed by atoms with van der Waals surface area (Å²) in [4.78, 5) is 23.1. The van der Waals surface area contributed by atoms with E-state index in [1.165, 1.54) is 11.3 Å². The molecule has 5 nitrogen and oxygen atoms in total. The number of thiophene rings is 1. The molecule has 0 unspecified atom stereocenters. The molecule has 0 aliphatic rings. The molecule has 1 rings (SSSR count). The lowest BCUT2D eigenvalue weighted by Gasteiger charge is -2.21. The first-order valence-corrected chi connectivity index (χ1v) is 5.93. The van der Waals surface area contributed by atoms with Crippen molar-refractivity contribution in [1.29, 1.82) is 0 Å². The standard InChI is InChI=1S/C11H15NO4S/c1-11(2,3)16-10(15)12-8(9(13)14)7-5-4-6-17-7/h4-6,8H,1-3H3,(H,12,15)(H,13,14)/t8-/m0/s1. The predicted octanol–water partition coefficient (Wildman–Crippen LogP) is 2.40. The Labute approximate surface area is 103 Å². The number of carbonyl (C=O) groups excluding carboxylic acids is 1. The van der Waals surface area contributed by atoms with Crippen molar-refractivity contribution in [3.63, 3.8) is 0 Å². The summed E-state index contributed by atoms with van der Waals surface area (Å²) in [5.41, 5.74) is -0.650. The summed E-state index contributed by atoms with van der Waals surface area (Å²) in [5.74, 6) is -1.11. The van der Waals surface area contributed by atoms with E-state index in [9.17, 15) is 9.59 Å². The highest BCUT2D eigenvalue weighted by molar-refractivity contribution is 7.10. The van der Waals surface area contributed by atoms with E-state index < -0.39 is 23.7 Å². The van der Waals surface area contributed by atoms with Crippen LogP contribution in [0.3, 0.4) is 0 Å². The first-order chi connectivity index (χ1) is 7.79. The van der Waals surface area contributed by atoms with Crippen molar-refractivity contribution in [2.24, 2.45) is 0 Å². The number of nitrogens with one attached hydrogen (secondary N) is 1. The zero-order chi connectivity index (χ0) is 13.1. The van der Waals surface area contributed by atoms with Gasteiger partial charge in [0.2, 0.25) is 0 Å². The quantitative estimate of drug-likeness (QED) is 0.871. The molecule has 0 aliphatic carbocycles. The minimum Gasteiger partial charge on any atom is -0.479 e. The maximum atomic E-state index is 11.5. The highest BCUT2D eigenvalue weighted by Gasteiger charge is 2.25. The highest BCUT2D eigenvalue weighted by Crippen LogP contribution is 2.19. The Morgan fingerprint density at radius 1 is 1.47 bits per heavy atom. The number of rotatable bonds is 3. The molecule has 1 amide bonds. The summed E-state index contributed by atoms with van der Waals surface area (Å²) in [6, 6.07) is 2.32. The summed E-state index contributed by atoms with van der Waals surface area (Å²) < 4.78 is 5.01. The predicted molar refractivity (Wildman–Crippen MR) is 64.1 cm³/mol. The first kappa shape index (κ1) is 13.5. The van der Waals surface area contributed by atoms with Crippen LogP contribution in [-0.2, 0) is 9.53 Å². The molecule has 94 valence electrons. The second kappa shape index (κ2) is 5.18. The van der Waals surface area contributed by atoms with Crippen LogP contribution in [0, 0.1) is 0 Å². The molecule has 17 heavy (non-hydrogen) atoms. The topological polar surface area (TPSA) is 75.6 Å². The van der Waals surface area contributed by atoms with Gasteiger partial charge in [0.25, 0.3) is 0 Å². The highest BCUT2D eigenvalue weighted by atomic mass is 32.1. The van der Waals surface area contributed by atoms with Crippen molar-refractivity contribution in [3.05, 3.63) is 22.4 Å². The molecule has 0 bridgehead atoms. The van der Waals surface area contributed by atoms with Gasteiger partial charge in [-0.3, -0.25) is 0 Å². The second-order valence-corrected chi connectivity index (χ2v) is 5.41. The van der Waals surface area contributed by atoms with Crippen molar-refractivity contribution in [3.8, 4) is 0 Å². The minimum atomic E-state index is -1.11. The minimum absolute atomic E-state index is 0.559. The normalized spacial score (nSPS) is 12.9. The van der Waals surface area contributed by atoms with Gasteiger partial charge in [-0.1, -0.05) is 6.07 Å². The summed E-state index contributed by atoms with van der Waals surface area (Å²) in [6.45, 7) is 5.15. The molecule has 0 saturated heterocycles. The van der Waals surface area contributed by atoms with Crippen LogP contribution >= 0.6 is 11.3 Å². The van der Waals surface area contributed by atoms with E-state index in [4.69, 9.17) is 9.84 Å². The molecule has 0 aromatic carbocycles. The molecule has 0 saturated carbocycles. The van der Waals surface area contributed by atoms with Crippen LogP contribution in [0.4, 0.5) is 4.79 Å². The number of carboxylic acid groups (broad SMARTS) is 1. The Balaban J connectivity index is 2.69. The van der Waals surface area contributed by atoms with E-state index in [0.29, 0.717) is 4.88 Å². The number of alkyl carbamates (subject to hydrolysis) is 1. The van der Waals surface area contributed by atoms with Crippen LogP contribution in [-0.4, -0.2) is 22.8 Å². The van der Waals surface area contributed by atoms with Gasteiger partial charge < -0.3 is 15.2 Å². The molecule has 0 spiro atoms. The van der Waals surface area contributed by atoms with Crippen molar-refractivity contribution in [2.45, 2.75) is 32.4 Å². The van der Waals surface area contributed by atoms with Crippen LogP contribution < -0.4 is 5.32 Å². The lowest BCUT2D eigenvalue weighted by molar-refractivity contribution is -0.139. The summed E-state index contributed by atoms with van der Waals surface area (Å²) in [6.07, 6.45) is -0.738. The zero-order valence-corrected chi connectivity index (χ0v) is 10.7. The molecule has 1 atom stereocenters. The van der Waals surface area contributed by atoms with Gasteiger partial charge in [-0.25, -0.2) is 9.59 Å². The summed E-state index contributed by atoms with van der Waals surface area (Å²) in [5, 5.41) is 13.1. The van der Waals surface area contributed by atoms with E-state index in [1.807, 2.05) is 0 Å². The van der Waals surface area contributed by atoms with Gasteiger partial charge in [0.15, 0.2) is 6.04 Å². The fraction of sp³-hybridized carbons (Fsp3) is 0.455. The van der Waals surface area contributed by atoms with Crippen LogP contribution in [0.2, 0.25) is 0 Å². The fourth-order valence-electron chi connectivity index (χ4n) is 1.14. The molecular weight excluding hydrogens is 242 g/mol. The maximum Gasteiger partial charge on any atom is 0.408 e. The number of aliphatic carboxylic acids is 1. The van der Waals surface area contributed by atoms with E-state index in [1.54, 1.807) is 38.3 Å². The van der Waals surface area contributed by atoms with Crippen LogP contribution in [0.1, 0.15) is 31.7 Å². The van der Waals surface area contributed by atoms with Gasteiger partial charge >= 0.3 is 12.1 Å². The first-order valence-electron chi connectivity index (χ1n) is 5.05. The monoisotopic (exact) mass is 257 g/mol. The van der Waals surface area contributed by atoms with Crippen LogP contribution in [0.15, 0.2) is 17.5 Å². The van der Waals surface area contributed by atoms with Gasteiger partial charge in [0.1, 0.15) is 5.60 Å². The number of carbonyl (C=O) groups is 2. The number of hydrogen-bond donors (Lipinski definition) is 2. The Morgan fingerprint density at radius 2 is 2.12 bits per heavy atom. The molecule has 1 aromatic heterocycles. The lowest BCUT2D eigenvalue weighted by Crippen LogP contribution is -2.37. The molecule has 1 heterocycles. The van der Waals surface area contributed by atoms with Gasteiger partial charge in [-0.2, -0.15) is 0 Å². The number of hydrogen-bond acceptors (Lipinski definition) is 4. The Hall–Kier alpha value is -1.56. The molecular formula is C11H15NO4S. The number of amides is 1. The molecule has 0 fully saturated rings. The molecule has 0 aliphatic heterocycles. The molecule has 6 heteroatoms. The molecule has 0 radical (unpaired) electrons. The van der Waals surface area contributed by atoms with Crippen molar-refractivity contribution in [1.82, 2.24) is 5.32 Å². The van der Waals surface area contributed by atoms with Gasteiger partial charge in [-0.05, 0) is 32.2 Å². The Kier molecular flexibility index (Phi) is 4.11. The van der Waals surface area contributed by atoms with E-state index >= 15 is 0 Å². The Morgan fingerprint density at radius 3 is 2.53 bits per heavy atom. The third-order valence-electron chi connectivity index (χ3n) is 1.74. The lowest BCUT2D eigenvalue weighted by atomic mass is 10.2. The summed E-state index contributed by atoms with van der Waals surface area (Å²) >= 11 is 1.27. The third-order valence-corrected chi connectivity index (χ3v) is 2.67. The molecule has 2 N–H and O–H groups in total. The number of ether oxygens (including phenoxy) is 1. The van der Waals surface area contributed by atoms with Crippen LogP contribution in [0.5, 0.6) is 0 Å². The third kappa shape index (κ3) is 4.44. The second-order valence-electron chi connectivity index (χ2n) is 4.43. The van der Waals surface area contributed by atoms with E-state index in [0.717, 1.165) is 0 Å². The average Bonchev–Trinajstić information content (AvgIpc) is 2.63. The SMILES string of the molecule is CC(C)(C)OC(=O)N[C@H](C(=O)O)c1cccs1. The number of carboxylic acids is 1. The van der Waals surface area contributed by atoms with E-state index in [2.05, 4.69) is 5.32 Å². The van der Waals surface area contributed by atoms with Gasteiger partial charge in [0.05, 0.1) is 0 Å². The van der Waals surface area contributed by atoms with E-state index in [-0.39, 0.29) is 0 Å². The maximum absolute atomic E-state index is 11.5. The molecule has 1 aromatic rings. The van der Waals surface area contributed by atoms with Crippen molar-refractivity contribution >= 4 is 23.4 Å². The Bertz CT molecular complexity index is 394. The van der Waals surface area contributed by atoms with Crippen molar-refractivity contribution < 1.29 is 19.4 Å². The zero-order valence-electron chi connectivity index (χ0n) is 9.89.